The molecule has 1 fully saturated rings. The van der Waals surface area contributed by atoms with E-state index in [0.717, 1.165) is 36.9 Å². The zero-order chi connectivity index (χ0) is 17.1. The van der Waals surface area contributed by atoms with Crippen molar-refractivity contribution in [3.63, 3.8) is 0 Å². The number of carbonyl (C=O) groups excluding carboxylic acids is 2. The fourth-order valence-corrected chi connectivity index (χ4v) is 3.91. The summed E-state index contributed by atoms with van der Waals surface area (Å²) in [4.78, 5) is 27.1. The topological polar surface area (TPSA) is 46.6 Å². The highest BCUT2D eigenvalue weighted by Crippen LogP contribution is 2.39. The lowest BCUT2D eigenvalue weighted by atomic mass is 9.97. The van der Waals surface area contributed by atoms with Crippen LogP contribution in [-0.2, 0) is 14.3 Å². The Kier molecular flexibility index (Phi) is 5.14. The molecule has 0 spiro atoms. The molecule has 1 heterocycles. The molecule has 1 unspecified atom stereocenters. The number of esters is 1. The van der Waals surface area contributed by atoms with E-state index in [4.69, 9.17) is 4.74 Å². The van der Waals surface area contributed by atoms with Gasteiger partial charge < -0.3 is 4.74 Å². The summed E-state index contributed by atoms with van der Waals surface area (Å²) < 4.78 is 5.02. The summed E-state index contributed by atoms with van der Waals surface area (Å²) in [5.41, 5.74) is 1.92. The first-order valence-corrected chi connectivity index (χ1v) is 8.77. The second-order valence-electron chi connectivity index (χ2n) is 6.72. The van der Waals surface area contributed by atoms with E-state index in [9.17, 15) is 9.59 Å². The van der Waals surface area contributed by atoms with Gasteiger partial charge in [-0.1, -0.05) is 49.8 Å². The minimum absolute atomic E-state index is 0.00715. The van der Waals surface area contributed by atoms with Crippen LogP contribution in [0.1, 0.15) is 37.8 Å². The number of nitrogens with zero attached hydrogens (tertiary/aromatic N) is 1. The molecule has 1 aromatic rings. The minimum Gasteiger partial charge on any atom is -0.468 e. The Morgan fingerprint density at radius 1 is 1.29 bits per heavy atom. The summed E-state index contributed by atoms with van der Waals surface area (Å²) >= 11 is 0. The van der Waals surface area contributed by atoms with Gasteiger partial charge in [0.2, 0.25) is 0 Å². The minimum atomic E-state index is -0.429. The van der Waals surface area contributed by atoms with E-state index in [1.54, 1.807) is 0 Å². The van der Waals surface area contributed by atoms with Gasteiger partial charge >= 0.3 is 5.97 Å². The maximum atomic E-state index is 12.6. The average Bonchev–Trinajstić information content (AvgIpc) is 3.13. The Balaban J connectivity index is 1.78. The number of hydrogen-bond donors (Lipinski definition) is 0. The molecule has 1 aliphatic heterocycles. The summed E-state index contributed by atoms with van der Waals surface area (Å²) in [6.07, 6.45) is 5.21. The maximum absolute atomic E-state index is 12.6. The van der Waals surface area contributed by atoms with E-state index >= 15 is 0 Å². The number of Topliss-reactive ketones (excluding diaryl/α,β-unsaturated/α-hetero) is 1. The lowest BCUT2D eigenvalue weighted by molar-refractivity contribution is -0.147. The van der Waals surface area contributed by atoms with Crippen molar-refractivity contribution < 1.29 is 14.3 Å². The zero-order valence-corrected chi connectivity index (χ0v) is 14.4. The second kappa shape index (κ2) is 7.31. The number of unbranched alkanes of at least 4 members (excludes halogenated alkanes) is 1. The molecule has 0 bridgehead atoms. The van der Waals surface area contributed by atoms with Gasteiger partial charge in [-0.15, -0.1) is 0 Å². The monoisotopic (exact) mass is 327 g/mol. The van der Waals surface area contributed by atoms with Crippen molar-refractivity contribution >= 4 is 11.8 Å². The zero-order valence-electron chi connectivity index (χ0n) is 14.4. The van der Waals surface area contributed by atoms with Crippen molar-refractivity contribution in [1.82, 2.24) is 4.90 Å². The molecule has 0 radical (unpaired) electrons. The van der Waals surface area contributed by atoms with Gasteiger partial charge in [0.15, 0.2) is 5.78 Å². The van der Waals surface area contributed by atoms with Crippen LogP contribution in [0.2, 0.25) is 0 Å². The third-order valence-corrected chi connectivity index (χ3v) is 5.17. The first-order valence-electron chi connectivity index (χ1n) is 8.77. The van der Waals surface area contributed by atoms with Crippen LogP contribution in [0, 0.1) is 11.8 Å². The van der Waals surface area contributed by atoms with Crippen molar-refractivity contribution in [2.75, 3.05) is 20.2 Å². The summed E-state index contributed by atoms with van der Waals surface area (Å²) in [7, 11) is 1.42. The molecule has 0 aromatic heterocycles. The highest BCUT2D eigenvalue weighted by Gasteiger charge is 2.45. The van der Waals surface area contributed by atoms with Crippen LogP contribution >= 0.6 is 0 Å². The largest absolute Gasteiger partial charge is 0.468 e. The van der Waals surface area contributed by atoms with Gasteiger partial charge in [0.25, 0.3) is 0 Å². The van der Waals surface area contributed by atoms with Crippen molar-refractivity contribution in [2.24, 2.45) is 11.8 Å². The van der Waals surface area contributed by atoms with Crippen LogP contribution in [-0.4, -0.2) is 36.9 Å². The van der Waals surface area contributed by atoms with Gasteiger partial charge in [-0.2, -0.15) is 0 Å². The molecule has 0 amide bonds. The van der Waals surface area contributed by atoms with Crippen molar-refractivity contribution in [3.8, 4) is 0 Å². The van der Waals surface area contributed by atoms with Crippen molar-refractivity contribution in [2.45, 2.75) is 32.2 Å². The molecule has 1 aliphatic carbocycles. The number of carbonyl (C=O) groups is 2. The number of fused-ring (bicyclic) bond motifs is 1. The van der Waals surface area contributed by atoms with Gasteiger partial charge in [0, 0.05) is 24.9 Å². The third-order valence-electron chi connectivity index (χ3n) is 5.17. The Hall–Kier alpha value is -1.94. The van der Waals surface area contributed by atoms with E-state index < -0.39 is 6.04 Å². The fraction of sp³-hybridized carbons (Fsp3) is 0.500. The molecule has 1 saturated heterocycles. The Morgan fingerprint density at radius 3 is 2.67 bits per heavy atom. The van der Waals surface area contributed by atoms with E-state index in [2.05, 4.69) is 17.9 Å². The van der Waals surface area contributed by atoms with Crippen LogP contribution in [0.4, 0.5) is 0 Å². The number of likely N-dealkylation sites (tertiary alicyclic amines) is 1. The molecule has 1 aromatic carbocycles. The number of methoxy groups -OCH3 is 1. The summed E-state index contributed by atoms with van der Waals surface area (Å²) in [6.45, 7) is 3.51. The highest BCUT2D eigenvalue weighted by atomic mass is 16.5. The van der Waals surface area contributed by atoms with Crippen LogP contribution < -0.4 is 0 Å². The Labute approximate surface area is 143 Å². The Bertz CT molecular complexity index is 638. The third kappa shape index (κ3) is 3.16. The van der Waals surface area contributed by atoms with Gasteiger partial charge in [0.05, 0.1) is 7.11 Å². The quantitative estimate of drug-likeness (QED) is 0.753. The molecule has 24 heavy (non-hydrogen) atoms. The van der Waals surface area contributed by atoms with Crippen LogP contribution in [0.25, 0.3) is 0 Å². The first kappa shape index (κ1) is 16.9. The molecule has 128 valence electrons. The molecular formula is C20H25NO3. The van der Waals surface area contributed by atoms with Crippen molar-refractivity contribution in [1.29, 1.82) is 0 Å². The fourth-order valence-electron chi connectivity index (χ4n) is 3.91. The van der Waals surface area contributed by atoms with Gasteiger partial charge in [0.1, 0.15) is 6.04 Å². The molecular weight excluding hydrogens is 302 g/mol. The maximum Gasteiger partial charge on any atom is 0.327 e. The smallest absolute Gasteiger partial charge is 0.327 e. The lowest BCUT2D eigenvalue weighted by Gasteiger charge is -2.26. The van der Waals surface area contributed by atoms with Gasteiger partial charge in [-0.25, -0.2) is 4.79 Å². The molecule has 0 N–H and O–H groups in total. The van der Waals surface area contributed by atoms with Gasteiger partial charge in [-0.05, 0) is 24.0 Å². The lowest BCUT2D eigenvalue weighted by Crippen LogP contribution is -2.34. The summed E-state index contributed by atoms with van der Waals surface area (Å²) in [5, 5.41) is 0. The second-order valence-corrected chi connectivity index (χ2v) is 6.72. The molecule has 0 saturated carbocycles. The molecule has 2 aliphatic rings. The standard InChI is InChI=1S/C20H25NO3/c1-3-4-8-15-11-16-12-21(13-17(16)19(15)22)18(20(23)24-2)14-9-6-5-7-10-14/h5-7,9-11,16-18H,3-4,8,12-13H2,1-2H3/t16-,17+,18?/m1/s1. The number of ketones is 1. The molecule has 3 rings (SSSR count). The summed E-state index contributed by atoms with van der Waals surface area (Å²) in [5.74, 6) is 0.268. The van der Waals surface area contributed by atoms with Crippen molar-refractivity contribution in [3.05, 3.63) is 47.5 Å². The van der Waals surface area contributed by atoms with Crippen LogP contribution in [0.3, 0.4) is 0 Å². The summed E-state index contributed by atoms with van der Waals surface area (Å²) in [6, 6.07) is 9.25. The molecule has 4 nitrogen and oxygen atoms in total. The van der Waals surface area contributed by atoms with E-state index in [1.165, 1.54) is 7.11 Å². The number of allylic oxidation sites excluding steroid dienone is 1. The average molecular weight is 327 g/mol. The number of rotatable bonds is 6. The SMILES string of the molecule is CCCCC1=C[C@@H]2CN(C(C(=O)OC)c3ccccc3)C[C@@H]2C1=O. The number of hydrogen-bond acceptors (Lipinski definition) is 4. The van der Waals surface area contributed by atoms with E-state index in [1.807, 2.05) is 30.3 Å². The predicted octanol–water partition coefficient (Wildman–Crippen LogP) is 3.15. The number of benzene rings is 1. The van der Waals surface area contributed by atoms with Gasteiger partial charge in [-0.3, -0.25) is 9.69 Å². The first-order chi connectivity index (χ1) is 11.7. The Morgan fingerprint density at radius 2 is 2.04 bits per heavy atom. The predicted molar refractivity (Wildman–Crippen MR) is 92.4 cm³/mol. The van der Waals surface area contributed by atoms with E-state index in [-0.39, 0.29) is 23.6 Å². The van der Waals surface area contributed by atoms with Crippen LogP contribution in [0.5, 0.6) is 0 Å². The van der Waals surface area contributed by atoms with E-state index in [0.29, 0.717) is 6.54 Å². The van der Waals surface area contributed by atoms with Crippen LogP contribution in [0.15, 0.2) is 42.0 Å². The molecule has 4 heteroatoms. The normalized spacial score (nSPS) is 24.6. The molecule has 3 atom stereocenters. The highest BCUT2D eigenvalue weighted by molar-refractivity contribution is 6.00. The number of ether oxygens (including phenoxy) is 1.